The number of hydrogen-bond donors (Lipinski definition) is 1. The van der Waals surface area contributed by atoms with Gasteiger partial charge in [0.2, 0.25) is 10.0 Å². The molecule has 1 aliphatic rings. The topological polar surface area (TPSA) is 87.2 Å². The number of carboxylic acids is 1. The van der Waals surface area contributed by atoms with Crippen LogP contribution >= 0.6 is 0 Å². The second kappa shape index (κ2) is 8.40. The summed E-state index contributed by atoms with van der Waals surface area (Å²) in [7, 11) is 0.0816. The van der Waals surface area contributed by atoms with Crippen LogP contribution < -0.4 is 0 Å². The van der Waals surface area contributed by atoms with Crippen molar-refractivity contribution in [2.45, 2.75) is 11.4 Å². The lowest BCUT2D eigenvalue weighted by Crippen LogP contribution is -2.40. The first-order valence-corrected chi connectivity index (χ1v) is 10.4. The summed E-state index contributed by atoms with van der Waals surface area (Å²) in [5.74, 6) is -1.16. The number of sulfonamides is 1. The summed E-state index contributed by atoms with van der Waals surface area (Å²) in [6.45, 7) is 1.82. The van der Waals surface area contributed by atoms with Crippen molar-refractivity contribution in [2.75, 3.05) is 40.4 Å². The SMILES string of the molecule is CN(C)Cc1ccccc1-c1cc(C(=O)O)cc(S(=O)(=O)N2CCOCC2)c1. The summed E-state index contributed by atoms with van der Waals surface area (Å²) in [5.41, 5.74) is 2.33. The monoisotopic (exact) mass is 404 g/mol. The highest BCUT2D eigenvalue weighted by atomic mass is 32.2. The van der Waals surface area contributed by atoms with E-state index in [-0.39, 0.29) is 23.5 Å². The van der Waals surface area contributed by atoms with Crippen LogP contribution in [0.3, 0.4) is 0 Å². The Kier molecular flexibility index (Phi) is 6.14. The number of aromatic carboxylic acids is 1. The Hall–Kier alpha value is -2.26. The van der Waals surface area contributed by atoms with Crippen molar-refractivity contribution < 1.29 is 23.1 Å². The normalized spacial score (nSPS) is 15.7. The predicted molar refractivity (Wildman–Crippen MR) is 106 cm³/mol. The van der Waals surface area contributed by atoms with E-state index < -0.39 is 16.0 Å². The van der Waals surface area contributed by atoms with E-state index in [0.717, 1.165) is 11.1 Å². The van der Waals surface area contributed by atoms with E-state index in [1.165, 1.54) is 16.4 Å². The highest BCUT2D eigenvalue weighted by Crippen LogP contribution is 2.29. The van der Waals surface area contributed by atoms with Gasteiger partial charge in [0.1, 0.15) is 0 Å². The first kappa shape index (κ1) is 20.5. The minimum absolute atomic E-state index is 0.0102. The molecule has 1 saturated heterocycles. The van der Waals surface area contributed by atoms with Gasteiger partial charge in [-0.1, -0.05) is 24.3 Å². The van der Waals surface area contributed by atoms with Gasteiger partial charge in [-0.15, -0.1) is 0 Å². The molecule has 0 spiro atoms. The van der Waals surface area contributed by atoms with Gasteiger partial charge < -0.3 is 14.7 Å². The molecular formula is C20H24N2O5S. The van der Waals surface area contributed by atoms with Crippen molar-refractivity contribution in [1.29, 1.82) is 0 Å². The van der Waals surface area contributed by atoms with Crippen LogP contribution in [-0.4, -0.2) is 69.1 Å². The number of ether oxygens (including phenoxy) is 1. The lowest BCUT2D eigenvalue weighted by Gasteiger charge is -2.26. The largest absolute Gasteiger partial charge is 0.478 e. The van der Waals surface area contributed by atoms with E-state index in [4.69, 9.17) is 4.74 Å². The summed E-state index contributed by atoms with van der Waals surface area (Å²) in [4.78, 5) is 13.7. The smallest absolute Gasteiger partial charge is 0.335 e. The van der Waals surface area contributed by atoms with Crippen LogP contribution in [0.15, 0.2) is 47.4 Å². The fourth-order valence-corrected chi connectivity index (χ4v) is 4.72. The fraction of sp³-hybridized carbons (Fsp3) is 0.350. The average Bonchev–Trinajstić information content (AvgIpc) is 2.68. The molecule has 0 bridgehead atoms. The van der Waals surface area contributed by atoms with Gasteiger partial charge in [0.15, 0.2) is 0 Å². The van der Waals surface area contributed by atoms with Crippen molar-refractivity contribution >= 4 is 16.0 Å². The molecular weight excluding hydrogens is 380 g/mol. The molecule has 7 nitrogen and oxygen atoms in total. The van der Waals surface area contributed by atoms with E-state index >= 15 is 0 Å². The molecule has 0 unspecified atom stereocenters. The summed E-state index contributed by atoms with van der Waals surface area (Å²) < 4.78 is 32.7. The van der Waals surface area contributed by atoms with Crippen LogP contribution in [0.1, 0.15) is 15.9 Å². The fourth-order valence-electron chi connectivity index (χ4n) is 3.24. The highest BCUT2D eigenvalue weighted by molar-refractivity contribution is 7.89. The average molecular weight is 404 g/mol. The Morgan fingerprint density at radius 1 is 1.14 bits per heavy atom. The maximum absolute atomic E-state index is 13.1. The number of benzene rings is 2. The summed E-state index contributed by atoms with van der Waals surface area (Å²) in [6.07, 6.45) is 0. The molecule has 8 heteroatoms. The second-order valence-corrected chi connectivity index (χ2v) is 8.90. The van der Waals surface area contributed by atoms with Gasteiger partial charge in [-0.05, 0) is 49.0 Å². The number of hydrogen-bond acceptors (Lipinski definition) is 5. The quantitative estimate of drug-likeness (QED) is 0.794. The number of nitrogens with zero attached hydrogens (tertiary/aromatic N) is 2. The van der Waals surface area contributed by atoms with Gasteiger partial charge in [0, 0.05) is 19.6 Å². The molecule has 0 saturated carbocycles. The molecule has 3 rings (SSSR count). The van der Waals surface area contributed by atoms with Crippen LogP contribution in [-0.2, 0) is 21.3 Å². The molecule has 1 heterocycles. The van der Waals surface area contributed by atoms with Crippen molar-refractivity contribution in [3.63, 3.8) is 0 Å². The van der Waals surface area contributed by atoms with Crippen molar-refractivity contribution in [3.8, 4) is 11.1 Å². The molecule has 28 heavy (non-hydrogen) atoms. The molecule has 1 fully saturated rings. The Labute approximate surface area is 165 Å². The zero-order chi connectivity index (χ0) is 20.3. The molecule has 150 valence electrons. The highest BCUT2D eigenvalue weighted by Gasteiger charge is 2.28. The van der Waals surface area contributed by atoms with Crippen LogP contribution in [0, 0.1) is 0 Å². The Morgan fingerprint density at radius 2 is 1.82 bits per heavy atom. The minimum Gasteiger partial charge on any atom is -0.478 e. The van der Waals surface area contributed by atoms with Crippen molar-refractivity contribution in [2.24, 2.45) is 0 Å². The molecule has 0 radical (unpaired) electrons. The van der Waals surface area contributed by atoms with Gasteiger partial charge in [-0.25, -0.2) is 13.2 Å². The standard InChI is InChI=1S/C20H24N2O5S/c1-21(2)14-15-5-3-4-6-19(15)16-11-17(20(23)24)13-18(12-16)28(25,26)22-7-9-27-10-8-22/h3-6,11-13H,7-10,14H2,1-2H3,(H,23,24). The molecule has 2 aromatic carbocycles. The molecule has 0 amide bonds. The van der Waals surface area contributed by atoms with Crippen molar-refractivity contribution in [1.82, 2.24) is 9.21 Å². The number of morpholine rings is 1. The third kappa shape index (κ3) is 4.41. The summed E-state index contributed by atoms with van der Waals surface area (Å²) in [6, 6.07) is 11.9. The second-order valence-electron chi connectivity index (χ2n) is 6.96. The van der Waals surface area contributed by atoms with Crippen molar-refractivity contribution in [3.05, 3.63) is 53.6 Å². The molecule has 1 N–H and O–H groups in total. The zero-order valence-electron chi connectivity index (χ0n) is 16.0. The Bertz CT molecular complexity index is 966. The predicted octanol–water partition coefficient (Wildman–Crippen LogP) is 2.13. The maximum Gasteiger partial charge on any atom is 0.335 e. The number of carbonyl (C=O) groups is 1. The van der Waals surface area contributed by atoms with Gasteiger partial charge in [0.25, 0.3) is 0 Å². The third-order valence-electron chi connectivity index (χ3n) is 4.58. The number of rotatable bonds is 6. The van der Waals surface area contributed by atoms with E-state index in [2.05, 4.69) is 0 Å². The molecule has 1 aliphatic heterocycles. The van der Waals surface area contributed by atoms with E-state index in [0.29, 0.717) is 25.3 Å². The van der Waals surface area contributed by atoms with E-state index in [1.807, 2.05) is 43.3 Å². The van der Waals surface area contributed by atoms with Gasteiger partial charge in [-0.2, -0.15) is 4.31 Å². The molecule has 0 aromatic heterocycles. The van der Waals surface area contributed by atoms with E-state index in [1.54, 1.807) is 6.07 Å². The van der Waals surface area contributed by atoms with Gasteiger partial charge >= 0.3 is 5.97 Å². The summed E-state index contributed by atoms with van der Waals surface area (Å²) >= 11 is 0. The minimum atomic E-state index is -3.80. The molecule has 0 aliphatic carbocycles. The lowest BCUT2D eigenvalue weighted by molar-refractivity contribution is 0.0696. The Morgan fingerprint density at radius 3 is 2.46 bits per heavy atom. The lowest BCUT2D eigenvalue weighted by atomic mass is 9.98. The number of carboxylic acid groups (broad SMARTS) is 1. The van der Waals surface area contributed by atoms with Gasteiger partial charge in [-0.3, -0.25) is 0 Å². The maximum atomic E-state index is 13.1. The van der Waals surface area contributed by atoms with Crippen LogP contribution in [0.25, 0.3) is 11.1 Å². The van der Waals surface area contributed by atoms with E-state index in [9.17, 15) is 18.3 Å². The third-order valence-corrected chi connectivity index (χ3v) is 6.45. The Balaban J connectivity index is 2.13. The molecule has 0 atom stereocenters. The van der Waals surface area contributed by atoms with Crippen LogP contribution in [0.2, 0.25) is 0 Å². The summed E-state index contributed by atoms with van der Waals surface area (Å²) in [5, 5.41) is 9.53. The van der Waals surface area contributed by atoms with Crippen LogP contribution in [0.4, 0.5) is 0 Å². The van der Waals surface area contributed by atoms with Gasteiger partial charge in [0.05, 0.1) is 23.7 Å². The first-order valence-electron chi connectivity index (χ1n) is 8.98. The first-order chi connectivity index (χ1) is 13.3. The zero-order valence-corrected chi connectivity index (χ0v) is 16.8. The van der Waals surface area contributed by atoms with Crippen LogP contribution in [0.5, 0.6) is 0 Å². The molecule has 2 aromatic rings.